The molecule has 0 atom stereocenters. The molecule has 1 N–H and O–H groups in total. The van der Waals surface area contributed by atoms with Crippen LogP contribution in [0.15, 0.2) is 29.3 Å². The standard InChI is InChI=1S/C15H21N3OS/c1-3-14(17-15-16-6-12-20-15)4-2-13(1)5-7-18-8-10-19-11-9-18/h1-4H,5-12H2,(H,16,17). The van der Waals surface area contributed by atoms with E-state index in [1.165, 1.54) is 5.56 Å². The van der Waals surface area contributed by atoms with Crippen molar-refractivity contribution in [1.82, 2.24) is 4.90 Å². The highest BCUT2D eigenvalue weighted by molar-refractivity contribution is 8.14. The van der Waals surface area contributed by atoms with Crippen molar-refractivity contribution in [3.05, 3.63) is 29.8 Å². The van der Waals surface area contributed by atoms with Gasteiger partial charge >= 0.3 is 0 Å². The zero-order chi connectivity index (χ0) is 13.6. The number of thioether (sulfide) groups is 1. The quantitative estimate of drug-likeness (QED) is 0.921. The van der Waals surface area contributed by atoms with Crippen molar-refractivity contribution in [2.24, 2.45) is 4.99 Å². The number of nitrogens with zero attached hydrogens (tertiary/aromatic N) is 2. The molecule has 2 aliphatic rings. The first-order valence-electron chi connectivity index (χ1n) is 7.23. The summed E-state index contributed by atoms with van der Waals surface area (Å²) in [4.78, 5) is 6.87. The van der Waals surface area contributed by atoms with E-state index in [1.807, 2.05) is 0 Å². The van der Waals surface area contributed by atoms with Crippen LogP contribution in [0, 0.1) is 0 Å². The number of ether oxygens (including phenoxy) is 1. The summed E-state index contributed by atoms with van der Waals surface area (Å²) in [6.07, 6.45) is 1.11. The minimum Gasteiger partial charge on any atom is -0.379 e. The highest BCUT2D eigenvalue weighted by atomic mass is 32.2. The van der Waals surface area contributed by atoms with Crippen molar-refractivity contribution in [2.45, 2.75) is 6.42 Å². The molecule has 108 valence electrons. The maximum Gasteiger partial charge on any atom is 0.161 e. The number of benzene rings is 1. The summed E-state index contributed by atoms with van der Waals surface area (Å²) in [5, 5.41) is 4.41. The molecule has 2 aliphatic heterocycles. The van der Waals surface area contributed by atoms with Crippen LogP contribution < -0.4 is 5.32 Å². The Morgan fingerprint density at radius 2 is 2.00 bits per heavy atom. The van der Waals surface area contributed by atoms with Gasteiger partial charge in [0.05, 0.1) is 19.8 Å². The zero-order valence-corrected chi connectivity index (χ0v) is 12.5. The summed E-state index contributed by atoms with van der Waals surface area (Å²) in [6, 6.07) is 8.72. The summed E-state index contributed by atoms with van der Waals surface area (Å²) in [7, 11) is 0. The van der Waals surface area contributed by atoms with Crippen LogP contribution in [0.3, 0.4) is 0 Å². The molecule has 1 aromatic rings. The van der Waals surface area contributed by atoms with Crippen LogP contribution >= 0.6 is 11.8 Å². The lowest BCUT2D eigenvalue weighted by Gasteiger charge is -2.26. The van der Waals surface area contributed by atoms with Crippen molar-refractivity contribution < 1.29 is 4.74 Å². The van der Waals surface area contributed by atoms with E-state index in [-0.39, 0.29) is 0 Å². The lowest BCUT2D eigenvalue weighted by Crippen LogP contribution is -2.37. The Kier molecular flexibility index (Phi) is 4.95. The Balaban J connectivity index is 1.48. The number of nitrogens with one attached hydrogen (secondary N) is 1. The van der Waals surface area contributed by atoms with Crippen molar-refractivity contribution in [2.75, 3.05) is 50.5 Å². The molecule has 4 nitrogen and oxygen atoms in total. The summed E-state index contributed by atoms with van der Waals surface area (Å²) in [5.74, 6) is 1.10. The predicted molar refractivity (Wildman–Crippen MR) is 85.8 cm³/mol. The Bertz CT molecular complexity index is 455. The van der Waals surface area contributed by atoms with Crippen LogP contribution in [0.4, 0.5) is 5.69 Å². The average Bonchev–Trinajstić information content (AvgIpc) is 3.01. The molecular formula is C15H21N3OS. The maximum atomic E-state index is 5.37. The fourth-order valence-corrected chi connectivity index (χ4v) is 3.15. The van der Waals surface area contributed by atoms with Crippen LogP contribution in [-0.4, -0.2) is 55.2 Å². The number of hydrogen-bond donors (Lipinski definition) is 1. The average molecular weight is 291 g/mol. The molecule has 0 aliphatic carbocycles. The van der Waals surface area contributed by atoms with Gasteiger partial charge in [-0.05, 0) is 24.1 Å². The van der Waals surface area contributed by atoms with E-state index in [2.05, 4.69) is 39.5 Å². The van der Waals surface area contributed by atoms with Gasteiger partial charge in [0, 0.05) is 31.1 Å². The summed E-state index contributed by atoms with van der Waals surface area (Å²) in [5.41, 5.74) is 2.52. The van der Waals surface area contributed by atoms with E-state index in [0.29, 0.717) is 0 Å². The normalized spacial score (nSPS) is 19.9. The van der Waals surface area contributed by atoms with Crippen LogP contribution in [0.25, 0.3) is 0 Å². The molecule has 0 amide bonds. The largest absolute Gasteiger partial charge is 0.379 e. The van der Waals surface area contributed by atoms with Gasteiger partial charge in [-0.15, -0.1) is 0 Å². The first-order valence-corrected chi connectivity index (χ1v) is 8.22. The number of anilines is 1. The van der Waals surface area contributed by atoms with Gasteiger partial charge in [0.15, 0.2) is 5.17 Å². The molecule has 0 unspecified atom stereocenters. The monoisotopic (exact) mass is 291 g/mol. The highest BCUT2D eigenvalue weighted by Crippen LogP contribution is 2.16. The molecule has 1 fully saturated rings. The lowest BCUT2D eigenvalue weighted by molar-refractivity contribution is 0.0384. The van der Waals surface area contributed by atoms with Crippen LogP contribution in [0.2, 0.25) is 0 Å². The lowest BCUT2D eigenvalue weighted by atomic mass is 10.1. The fourth-order valence-electron chi connectivity index (χ4n) is 2.40. The first kappa shape index (κ1) is 13.9. The van der Waals surface area contributed by atoms with Crippen LogP contribution in [0.1, 0.15) is 5.56 Å². The summed E-state index contributed by atoms with van der Waals surface area (Å²) < 4.78 is 5.37. The van der Waals surface area contributed by atoms with Gasteiger partial charge in [0.25, 0.3) is 0 Å². The molecule has 5 heteroatoms. The van der Waals surface area contributed by atoms with Crippen molar-refractivity contribution in [1.29, 1.82) is 0 Å². The minimum atomic E-state index is 0.878. The number of amidine groups is 1. The Morgan fingerprint density at radius 3 is 2.70 bits per heavy atom. The van der Waals surface area contributed by atoms with E-state index >= 15 is 0 Å². The maximum absolute atomic E-state index is 5.37. The van der Waals surface area contributed by atoms with E-state index in [9.17, 15) is 0 Å². The summed E-state index contributed by atoms with van der Waals surface area (Å²) >= 11 is 1.79. The summed E-state index contributed by atoms with van der Waals surface area (Å²) in [6.45, 7) is 5.95. The van der Waals surface area contributed by atoms with Gasteiger partial charge in [-0.1, -0.05) is 23.9 Å². The molecule has 0 bridgehead atoms. The SMILES string of the molecule is c1cc(NC2=NCCS2)ccc1CCN1CCOCC1. The highest BCUT2D eigenvalue weighted by Gasteiger charge is 2.10. The first-order chi connectivity index (χ1) is 9.90. The Labute approximate surface area is 124 Å². The van der Waals surface area contributed by atoms with Crippen molar-refractivity contribution in [3.8, 4) is 0 Å². The molecule has 3 rings (SSSR count). The molecule has 0 aromatic heterocycles. The van der Waals surface area contributed by atoms with Gasteiger partial charge in [0.1, 0.15) is 0 Å². The zero-order valence-electron chi connectivity index (χ0n) is 11.7. The van der Waals surface area contributed by atoms with Gasteiger partial charge in [-0.3, -0.25) is 9.89 Å². The van der Waals surface area contributed by atoms with E-state index in [0.717, 1.165) is 62.4 Å². The number of rotatable bonds is 4. The Hall–Kier alpha value is -1.04. The molecule has 1 saturated heterocycles. The number of aliphatic imine (C=N–C) groups is 1. The molecule has 0 spiro atoms. The van der Waals surface area contributed by atoms with E-state index in [1.54, 1.807) is 11.8 Å². The topological polar surface area (TPSA) is 36.9 Å². The second kappa shape index (κ2) is 7.11. The predicted octanol–water partition coefficient (Wildman–Crippen LogP) is 2.08. The smallest absolute Gasteiger partial charge is 0.161 e. The molecule has 20 heavy (non-hydrogen) atoms. The van der Waals surface area contributed by atoms with Gasteiger partial charge in [-0.2, -0.15) is 0 Å². The number of hydrogen-bond acceptors (Lipinski definition) is 5. The Morgan fingerprint density at radius 1 is 1.20 bits per heavy atom. The van der Waals surface area contributed by atoms with Gasteiger partial charge in [-0.25, -0.2) is 0 Å². The van der Waals surface area contributed by atoms with Crippen LogP contribution in [0.5, 0.6) is 0 Å². The third-order valence-corrected chi connectivity index (χ3v) is 4.50. The molecular weight excluding hydrogens is 270 g/mol. The van der Waals surface area contributed by atoms with Gasteiger partial charge < -0.3 is 10.1 Å². The van der Waals surface area contributed by atoms with E-state index < -0.39 is 0 Å². The molecule has 1 aromatic carbocycles. The van der Waals surface area contributed by atoms with Gasteiger partial charge in [0.2, 0.25) is 0 Å². The van der Waals surface area contributed by atoms with Crippen molar-refractivity contribution in [3.63, 3.8) is 0 Å². The molecule has 0 saturated carbocycles. The third-order valence-electron chi connectivity index (χ3n) is 3.61. The minimum absolute atomic E-state index is 0.878. The second-order valence-corrected chi connectivity index (χ2v) is 6.14. The van der Waals surface area contributed by atoms with E-state index in [4.69, 9.17) is 4.74 Å². The van der Waals surface area contributed by atoms with Crippen molar-refractivity contribution >= 4 is 22.6 Å². The van der Waals surface area contributed by atoms with Crippen LogP contribution in [-0.2, 0) is 11.2 Å². The third kappa shape index (κ3) is 3.98. The second-order valence-electron chi connectivity index (χ2n) is 5.06. The number of morpholine rings is 1. The fraction of sp³-hybridized carbons (Fsp3) is 0.533. The molecule has 2 heterocycles. The molecule has 0 radical (unpaired) electrons.